The molecule has 8 heteroatoms. The van der Waals surface area contributed by atoms with E-state index in [1.165, 1.54) is 22.5 Å². The molecule has 0 saturated heterocycles. The number of nitrogens with zero attached hydrogens (tertiary/aromatic N) is 2. The monoisotopic (exact) mass is 362 g/mol. The van der Waals surface area contributed by atoms with E-state index in [2.05, 4.69) is 6.58 Å². The number of nitro benzene ring substituents is 1. The molecule has 0 aromatic heterocycles. The summed E-state index contributed by atoms with van der Waals surface area (Å²) >= 11 is 0. The van der Waals surface area contributed by atoms with Crippen LogP contribution < -0.4 is 9.04 Å². The third-order valence-electron chi connectivity index (χ3n) is 3.37. The average molecular weight is 362 g/mol. The van der Waals surface area contributed by atoms with Crippen LogP contribution in [0.25, 0.3) is 0 Å². The molecule has 0 amide bonds. The largest absolute Gasteiger partial charge is 0.494 e. The van der Waals surface area contributed by atoms with Gasteiger partial charge in [-0.25, -0.2) is 8.42 Å². The topological polar surface area (TPSA) is 89.8 Å². The Morgan fingerprint density at radius 1 is 1.16 bits per heavy atom. The molecule has 132 valence electrons. The highest BCUT2D eigenvalue weighted by Crippen LogP contribution is 2.26. The van der Waals surface area contributed by atoms with Crippen molar-refractivity contribution in [2.45, 2.75) is 11.8 Å². The molecule has 2 aromatic carbocycles. The SMILES string of the molecule is C=CCN(c1ccc(OCC)cc1)S(=O)(=O)c1ccc([N+](=O)[O-])cc1. The highest BCUT2D eigenvalue weighted by molar-refractivity contribution is 7.92. The predicted octanol–water partition coefficient (Wildman–Crippen LogP) is 3.37. The second-order valence-corrected chi connectivity index (χ2v) is 6.87. The second-order valence-electron chi connectivity index (χ2n) is 5.00. The summed E-state index contributed by atoms with van der Waals surface area (Å²) in [6, 6.07) is 11.4. The maximum Gasteiger partial charge on any atom is 0.269 e. The first-order valence-electron chi connectivity index (χ1n) is 7.51. The molecule has 0 heterocycles. The Hall–Kier alpha value is -2.87. The molecule has 0 saturated carbocycles. The van der Waals surface area contributed by atoms with Crippen molar-refractivity contribution in [2.75, 3.05) is 17.5 Å². The molecule has 0 atom stereocenters. The van der Waals surface area contributed by atoms with Crippen LogP contribution >= 0.6 is 0 Å². The van der Waals surface area contributed by atoms with Gasteiger partial charge < -0.3 is 4.74 Å². The summed E-state index contributed by atoms with van der Waals surface area (Å²) in [7, 11) is -3.89. The van der Waals surface area contributed by atoms with Gasteiger partial charge in [0.15, 0.2) is 0 Å². The van der Waals surface area contributed by atoms with Crippen LogP contribution in [0.2, 0.25) is 0 Å². The molecule has 0 unspecified atom stereocenters. The van der Waals surface area contributed by atoms with Crippen molar-refractivity contribution in [1.82, 2.24) is 0 Å². The first kappa shape index (κ1) is 18.5. The molecule has 0 fully saturated rings. The second kappa shape index (κ2) is 7.80. The molecule has 2 aromatic rings. The highest BCUT2D eigenvalue weighted by atomic mass is 32.2. The van der Waals surface area contributed by atoms with Crippen molar-refractivity contribution in [3.8, 4) is 5.75 Å². The van der Waals surface area contributed by atoms with Gasteiger partial charge in [0.05, 0.1) is 28.7 Å². The van der Waals surface area contributed by atoms with E-state index in [1.54, 1.807) is 24.3 Å². The van der Waals surface area contributed by atoms with Crippen LogP contribution in [0.3, 0.4) is 0 Å². The van der Waals surface area contributed by atoms with Crippen molar-refractivity contribution in [2.24, 2.45) is 0 Å². The van der Waals surface area contributed by atoms with Crippen LogP contribution in [0.15, 0.2) is 66.1 Å². The molecule has 0 aliphatic heterocycles. The fraction of sp³-hybridized carbons (Fsp3) is 0.176. The van der Waals surface area contributed by atoms with Crippen molar-refractivity contribution in [3.63, 3.8) is 0 Å². The Morgan fingerprint density at radius 3 is 2.24 bits per heavy atom. The number of non-ortho nitro benzene ring substituents is 1. The number of hydrogen-bond donors (Lipinski definition) is 0. The molecule has 2 rings (SSSR count). The summed E-state index contributed by atoms with van der Waals surface area (Å²) in [5.41, 5.74) is 0.275. The minimum atomic E-state index is -3.89. The lowest BCUT2D eigenvalue weighted by atomic mass is 10.3. The van der Waals surface area contributed by atoms with Gasteiger partial charge in [0.25, 0.3) is 15.7 Å². The van der Waals surface area contributed by atoms with Gasteiger partial charge >= 0.3 is 0 Å². The van der Waals surface area contributed by atoms with Crippen LogP contribution in [0.1, 0.15) is 6.92 Å². The Bertz CT molecular complexity index is 846. The van der Waals surface area contributed by atoms with Crippen molar-refractivity contribution in [3.05, 3.63) is 71.3 Å². The lowest BCUT2D eigenvalue weighted by molar-refractivity contribution is -0.384. The van der Waals surface area contributed by atoms with Gasteiger partial charge in [-0.15, -0.1) is 6.58 Å². The van der Waals surface area contributed by atoms with Gasteiger partial charge in [-0.1, -0.05) is 6.08 Å². The average Bonchev–Trinajstić information content (AvgIpc) is 2.61. The molecule has 0 bridgehead atoms. The van der Waals surface area contributed by atoms with Crippen molar-refractivity contribution < 1.29 is 18.1 Å². The summed E-state index contributed by atoms with van der Waals surface area (Å²) in [5.74, 6) is 0.637. The van der Waals surface area contributed by atoms with Gasteiger partial charge in [0.2, 0.25) is 0 Å². The van der Waals surface area contributed by atoms with Crippen LogP contribution in [-0.4, -0.2) is 26.5 Å². The van der Waals surface area contributed by atoms with Crippen molar-refractivity contribution >= 4 is 21.4 Å². The summed E-state index contributed by atoms with van der Waals surface area (Å²) in [6.45, 7) is 6.03. The fourth-order valence-electron chi connectivity index (χ4n) is 2.20. The summed E-state index contributed by atoms with van der Waals surface area (Å²) < 4.78 is 32.3. The molecule has 7 nitrogen and oxygen atoms in total. The Balaban J connectivity index is 2.40. The minimum Gasteiger partial charge on any atom is -0.494 e. The minimum absolute atomic E-state index is 0.0335. The first-order valence-corrected chi connectivity index (χ1v) is 8.95. The molecular weight excluding hydrogens is 344 g/mol. The quantitative estimate of drug-likeness (QED) is 0.408. The van der Waals surface area contributed by atoms with Gasteiger partial charge in [-0.05, 0) is 43.3 Å². The molecule has 0 aliphatic rings. The predicted molar refractivity (Wildman–Crippen MR) is 95.4 cm³/mol. The van der Waals surface area contributed by atoms with E-state index < -0.39 is 14.9 Å². The maximum absolute atomic E-state index is 12.9. The number of anilines is 1. The fourth-order valence-corrected chi connectivity index (χ4v) is 3.64. The summed E-state index contributed by atoms with van der Waals surface area (Å²) in [6.07, 6.45) is 1.47. The molecule has 0 N–H and O–H groups in total. The Labute approximate surface area is 146 Å². The van der Waals surface area contributed by atoms with Gasteiger partial charge in [0.1, 0.15) is 5.75 Å². The zero-order valence-corrected chi connectivity index (χ0v) is 14.5. The summed E-state index contributed by atoms with van der Waals surface area (Å²) in [4.78, 5) is 10.1. The van der Waals surface area contributed by atoms with Crippen LogP contribution in [-0.2, 0) is 10.0 Å². The molecule has 0 radical (unpaired) electrons. The highest BCUT2D eigenvalue weighted by Gasteiger charge is 2.24. The van der Waals surface area contributed by atoms with Crippen LogP contribution in [0.4, 0.5) is 11.4 Å². The molecule has 25 heavy (non-hydrogen) atoms. The van der Waals surface area contributed by atoms with Crippen LogP contribution in [0.5, 0.6) is 5.75 Å². The Morgan fingerprint density at radius 2 is 1.76 bits per heavy atom. The third kappa shape index (κ3) is 4.16. The van der Waals surface area contributed by atoms with E-state index in [4.69, 9.17) is 4.74 Å². The Kier molecular flexibility index (Phi) is 5.76. The number of ether oxygens (including phenoxy) is 1. The number of nitro groups is 1. The van der Waals surface area contributed by atoms with E-state index in [-0.39, 0.29) is 17.1 Å². The number of hydrogen-bond acceptors (Lipinski definition) is 5. The van der Waals surface area contributed by atoms with Gasteiger partial charge in [-0.2, -0.15) is 0 Å². The van der Waals surface area contributed by atoms with Gasteiger partial charge in [0, 0.05) is 12.1 Å². The zero-order valence-electron chi connectivity index (χ0n) is 13.7. The lowest BCUT2D eigenvalue weighted by Crippen LogP contribution is -2.31. The number of rotatable bonds is 8. The van der Waals surface area contributed by atoms with Crippen molar-refractivity contribution in [1.29, 1.82) is 0 Å². The van der Waals surface area contributed by atoms with E-state index in [0.717, 1.165) is 12.1 Å². The third-order valence-corrected chi connectivity index (χ3v) is 5.17. The number of benzene rings is 2. The molecular formula is C17H18N2O5S. The van der Waals surface area contributed by atoms with Gasteiger partial charge in [-0.3, -0.25) is 14.4 Å². The van der Waals surface area contributed by atoms with E-state index >= 15 is 0 Å². The normalized spacial score (nSPS) is 10.9. The smallest absolute Gasteiger partial charge is 0.269 e. The maximum atomic E-state index is 12.9. The molecule has 0 aliphatic carbocycles. The lowest BCUT2D eigenvalue weighted by Gasteiger charge is -2.23. The zero-order chi connectivity index (χ0) is 18.4. The van der Waals surface area contributed by atoms with E-state index in [1.807, 2.05) is 6.92 Å². The van der Waals surface area contributed by atoms with Crippen LogP contribution in [0, 0.1) is 10.1 Å². The van der Waals surface area contributed by atoms with E-state index in [9.17, 15) is 18.5 Å². The molecule has 0 spiro atoms. The first-order chi connectivity index (χ1) is 11.9. The number of sulfonamides is 1. The summed E-state index contributed by atoms with van der Waals surface area (Å²) in [5, 5.41) is 10.7. The van der Waals surface area contributed by atoms with E-state index in [0.29, 0.717) is 18.0 Å². The standard InChI is InChI=1S/C17H18N2O5S/c1-3-13-18(14-5-9-16(10-6-14)24-4-2)25(22,23)17-11-7-15(8-12-17)19(20)21/h3,5-12H,1,4,13H2,2H3.